The van der Waals surface area contributed by atoms with Crippen molar-refractivity contribution in [1.29, 1.82) is 0 Å². The maximum absolute atomic E-state index is 5.29. The van der Waals surface area contributed by atoms with E-state index in [4.69, 9.17) is 9.47 Å². The fourth-order valence-electron chi connectivity index (χ4n) is 1.40. The van der Waals surface area contributed by atoms with Gasteiger partial charge in [0.1, 0.15) is 0 Å². The first kappa shape index (κ1) is 15.1. The summed E-state index contributed by atoms with van der Waals surface area (Å²) in [5, 5.41) is 0. The van der Waals surface area contributed by atoms with Gasteiger partial charge >= 0.3 is 0 Å². The average Bonchev–Trinajstić information content (AvgIpc) is 2.20. The van der Waals surface area contributed by atoms with Gasteiger partial charge in [-0.25, -0.2) is 0 Å². The molecule has 0 aromatic rings. The van der Waals surface area contributed by atoms with E-state index < -0.39 is 0 Å². The third-order valence-electron chi connectivity index (χ3n) is 2.24. The van der Waals surface area contributed by atoms with Crippen LogP contribution in [-0.2, 0) is 9.47 Å². The Hall–Kier alpha value is -0.920. The van der Waals surface area contributed by atoms with E-state index in [0.717, 1.165) is 37.6 Å². The normalized spacial score (nSPS) is 9.88. The molecular weight excluding hydrogens is 200 g/mol. The first-order valence-electron chi connectivity index (χ1n) is 6.19. The number of ether oxygens (including phenoxy) is 2. The number of rotatable bonds is 11. The van der Waals surface area contributed by atoms with Crippen LogP contribution in [0.15, 0.2) is 24.7 Å². The average molecular weight is 226 g/mol. The van der Waals surface area contributed by atoms with Crippen LogP contribution in [0.25, 0.3) is 0 Å². The molecule has 0 aliphatic heterocycles. The fraction of sp³-hybridized carbons (Fsp3) is 0.714. The smallest absolute Gasteiger partial charge is 0.0876 e. The molecule has 2 heteroatoms. The van der Waals surface area contributed by atoms with Gasteiger partial charge in [-0.15, -0.1) is 0 Å². The van der Waals surface area contributed by atoms with E-state index in [2.05, 4.69) is 13.2 Å². The molecule has 0 N–H and O–H groups in total. The molecule has 0 atom stereocenters. The van der Waals surface area contributed by atoms with E-state index in [1.165, 1.54) is 25.7 Å². The van der Waals surface area contributed by atoms with Crippen molar-refractivity contribution in [2.24, 2.45) is 0 Å². The molecule has 0 aliphatic rings. The molecule has 94 valence electrons. The molecule has 0 heterocycles. The van der Waals surface area contributed by atoms with E-state index >= 15 is 0 Å². The van der Waals surface area contributed by atoms with Crippen LogP contribution in [0.5, 0.6) is 0 Å². The third-order valence-corrected chi connectivity index (χ3v) is 2.24. The molecule has 0 rings (SSSR count). The van der Waals surface area contributed by atoms with E-state index in [-0.39, 0.29) is 0 Å². The number of hydrogen-bond donors (Lipinski definition) is 0. The quantitative estimate of drug-likeness (QED) is 0.383. The zero-order valence-electron chi connectivity index (χ0n) is 10.9. The number of hydrogen-bond acceptors (Lipinski definition) is 2. The minimum absolute atomic E-state index is 0.814. The summed E-state index contributed by atoms with van der Waals surface area (Å²) in [6.07, 6.45) is 7.33. The van der Waals surface area contributed by atoms with E-state index in [0.29, 0.717) is 0 Å². The predicted molar refractivity (Wildman–Crippen MR) is 69.2 cm³/mol. The van der Waals surface area contributed by atoms with Gasteiger partial charge in [0.05, 0.1) is 24.7 Å². The van der Waals surface area contributed by atoms with Gasteiger partial charge in [-0.3, -0.25) is 0 Å². The van der Waals surface area contributed by atoms with Crippen molar-refractivity contribution in [3.05, 3.63) is 24.7 Å². The van der Waals surface area contributed by atoms with Gasteiger partial charge in [-0.1, -0.05) is 38.8 Å². The van der Waals surface area contributed by atoms with E-state index in [1.807, 2.05) is 13.8 Å². The van der Waals surface area contributed by atoms with Gasteiger partial charge in [0.25, 0.3) is 0 Å². The Kier molecular flexibility index (Phi) is 9.98. The highest BCUT2D eigenvalue weighted by atomic mass is 16.5. The van der Waals surface area contributed by atoms with Crippen molar-refractivity contribution in [2.75, 3.05) is 13.2 Å². The van der Waals surface area contributed by atoms with Crippen LogP contribution < -0.4 is 0 Å². The molecule has 0 aliphatic carbocycles. The minimum atomic E-state index is 0.814. The van der Waals surface area contributed by atoms with Gasteiger partial charge in [0, 0.05) is 0 Å². The molecule has 2 nitrogen and oxygen atoms in total. The Morgan fingerprint density at radius 3 is 1.31 bits per heavy atom. The van der Waals surface area contributed by atoms with E-state index in [9.17, 15) is 0 Å². The minimum Gasteiger partial charge on any atom is -0.499 e. The van der Waals surface area contributed by atoms with E-state index in [1.54, 1.807) is 0 Å². The van der Waals surface area contributed by atoms with Crippen LogP contribution >= 0.6 is 0 Å². The Morgan fingerprint density at radius 1 is 0.688 bits per heavy atom. The van der Waals surface area contributed by atoms with Crippen molar-refractivity contribution >= 4 is 0 Å². The van der Waals surface area contributed by atoms with Crippen molar-refractivity contribution in [2.45, 2.75) is 52.4 Å². The highest BCUT2D eigenvalue weighted by Crippen LogP contribution is 2.07. The fourth-order valence-corrected chi connectivity index (χ4v) is 1.40. The maximum atomic E-state index is 5.29. The summed E-state index contributed by atoms with van der Waals surface area (Å²) in [6.45, 7) is 12.8. The van der Waals surface area contributed by atoms with Crippen LogP contribution in [0, 0.1) is 0 Å². The summed E-state index contributed by atoms with van der Waals surface area (Å²) in [5.41, 5.74) is 0. The van der Waals surface area contributed by atoms with Crippen LogP contribution in [0.2, 0.25) is 0 Å². The lowest BCUT2D eigenvalue weighted by atomic mass is 10.1. The zero-order chi connectivity index (χ0) is 12.2. The predicted octanol–water partition coefficient (Wildman–Crippen LogP) is 4.43. The summed E-state index contributed by atoms with van der Waals surface area (Å²) in [7, 11) is 0. The molecule has 0 aromatic carbocycles. The standard InChI is InChI=1S/C14H26O2/c1-13(2)15-11-9-7-5-6-8-10-12-16-14(3)4/h1,3,5-12H2,2,4H3. The molecule has 0 amide bonds. The van der Waals surface area contributed by atoms with Gasteiger partial charge < -0.3 is 9.47 Å². The Labute approximate surface area is 100 Å². The first-order chi connectivity index (χ1) is 7.63. The lowest BCUT2D eigenvalue weighted by molar-refractivity contribution is 0.204. The van der Waals surface area contributed by atoms with Gasteiger partial charge in [-0.2, -0.15) is 0 Å². The maximum Gasteiger partial charge on any atom is 0.0876 e. The first-order valence-corrected chi connectivity index (χ1v) is 6.19. The molecule has 16 heavy (non-hydrogen) atoms. The summed E-state index contributed by atoms with van der Waals surface area (Å²) >= 11 is 0. The van der Waals surface area contributed by atoms with Crippen molar-refractivity contribution in [3.8, 4) is 0 Å². The SMILES string of the molecule is C=C(C)OCCCCCCCCOC(=C)C. The summed E-state index contributed by atoms with van der Waals surface area (Å²) < 4.78 is 10.6. The molecule has 0 radical (unpaired) electrons. The molecular formula is C14H26O2. The summed E-state index contributed by atoms with van der Waals surface area (Å²) in [4.78, 5) is 0. The van der Waals surface area contributed by atoms with Crippen LogP contribution in [0.1, 0.15) is 52.4 Å². The second kappa shape index (κ2) is 10.6. The second-order valence-corrected chi connectivity index (χ2v) is 4.22. The molecule has 0 saturated heterocycles. The Bertz CT molecular complexity index is 175. The Balaban J connectivity index is 2.98. The molecule has 0 saturated carbocycles. The molecule has 0 fully saturated rings. The highest BCUT2D eigenvalue weighted by Gasteiger charge is 1.93. The topological polar surface area (TPSA) is 18.5 Å². The highest BCUT2D eigenvalue weighted by molar-refractivity contribution is 4.73. The third kappa shape index (κ3) is 13.1. The van der Waals surface area contributed by atoms with Crippen molar-refractivity contribution in [3.63, 3.8) is 0 Å². The lowest BCUT2D eigenvalue weighted by Gasteiger charge is -2.05. The van der Waals surface area contributed by atoms with Crippen molar-refractivity contribution in [1.82, 2.24) is 0 Å². The number of allylic oxidation sites excluding steroid dienone is 2. The van der Waals surface area contributed by atoms with Gasteiger partial charge in [-0.05, 0) is 26.7 Å². The van der Waals surface area contributed by atoms with Crippen LogP contribution in [0.3, 0.4) is 0 Å². The van der Waals surface area contributed by atoms with Crippen LogP contribution in [0.4, 0.5) is 0 Å². The summed E-state index contributed by atoms with van der Waals surface area (Å²) in [5.74, 6) is 1.63. The molecule has 0 spiro atoms. The largest absolute Gasteiger partial charge is 0.499 e. The number of unbranched alkanes of at least 4 members (excludes halogenated alkanes) is 5. The van der Waals surface area contributed by atoms with Gasteiger partial charge in [0.2, 0.25) is 0 Å². The summed E-state index contributed by atoms with van der Waals surface area (Å²) in [6, 6.07) is 0. The van der Waals surface area contributed by atoms with Crippen LogP contribution in [-0.4, -0.2) is 13.2 Å². The zero-order valence-corrected chi connectivity index (χ0v) is 10.9. The van der Waals surface area contributed by atoms with Crippen molar-refractivity contribution < 1.29 is 9.47 Å². The molecule has 0 aromatic heterocycles. The Morgan fingerprint density at radius 2 is 1.00 bits per heavy atom. The second-order valence-electron chi connectivity index (χ2n) is 4.22. The molecule has 0 bridgehead atoms. The molecule has 0 unspecified atom stereocenters. The van der Waals surface area contributed by atoms with Gasteiger partial charge in [0.15, 0.2) is 0 Å². The lowest BCUT2D eigenvalue weighted by Crippen LogP contribution is -1.93. The monoisotopic (exact) mass is 226 g/mol.